The normalized spacial score (nSPS) is 21.1. The maximum atomic E-state index is 13.7. The highest BCUT2D eigenvalue weighted by Crippen LogP contribution is 2.48. The summed E-state index contributed by atoms with van der Waals surface area (Å²) in [7, 11) is 0. The third-order valence-electron chi connectivity index (χ3n) is 5.94. The molecule has 0 saturated heterocycles. The fraction of sp³-hybridized carbons (Fsp3) is 0.333. The molecule has 2 aliphatic rings. The Morgan fingerprint density at radius 1 is 1.03 bits per heavy atom. The zero-order valence-corrected chi connectivity index (χ0v) is 18.1. The highest BCUT2D eigenvalue weighted by molar-refractivity contribution is 6.31. The minimum Gasteiger partial charge on any atom is -0.294 e. The molecule has 32 heavy (non-hydrogen) atoms. The third-order valence-corrected chi connectivity index (χ3v) is 6.23. The van der Waals surface area contributed by atoms with Gasteiger partial charge in [0.15, 0.2) is 5.78 Å². The first-order chi connectivity index (χ1) is 14.9. The molecule has 0 saturated carbocycles. The number of Topliss-reactive ketones (excluding diaryl/α,β-unsaturated/α-hetero) is 1. The molecule has 0 bridgehead atoms. The Kier molecular flexibility index (Phi) is 5.44. The fourth-order valence-corrected chi connectivity index (χ4v) is 4.70. The minimum absolute atomic E-state index is 0.0919. The van der Waals surface area contributed by atoms with Gasteiger partial charge in [0, 0.05) is 30.0 Å². The molecule has 168 valence electrons. The van der Waals surface area contributed by atoms with Gasteiger partial charge in [0.1, 0.15) is 5.82 Å². The predicted octanol–water partition coefficient (Wildman–Crippen LogP) is 6.66. The summed E-state index contributed by atoms with van der Waals surface area (Å²) < 4.78 is 52.6. The van der Waals surface area contributed by atoms with Crippen molar-refractivity contribution in [3.63, 3.8) is 0 Å². The molecule has 1 unspecified atom stereocenters. The van der Waals surface area contributed by atoms with Gasteiger partial charge in [0.2, 0.25) is 5.91 Å². The summed E-state index contributed by atoms with van der Waals surface area (Å²) in [5.41, 5.74) is 0.532. The summed E-state index contributed by atoms with van der Waals surface area (Å²) in [6, 6.07) is 8.49. The van der Waals surface area contributed by atoms with Crippen molar-refractivity contribution < 1.29 is 27.2 Å². The minimum atomic E-state index is -4.48. The zero-order valence-electron chi connectivity index (χ0n) is 17.4. The number of carbonyl (C=O) groups is 2. The summed E-state index contributed by atoms with van der Waals surface area (Å²) in [5.74, 6) is -1.75. The van der Waals surface area contributed by atoms with Crippen LogP contribution in [-0.2, 0) is 15.8 Å². The third kappa shape index (κ3) is 4.06. The van der Waals surface area contributed by atoms with E-state index in [-0.39, 0.29) is 29.6 Å². The van der Waals surface area contributed by atoms with Crippen LogP contribution in [-0.4, -0.2) is 11.7 Å². The van der Waals surface area contributed by atoms with Gasteiger partial charge in [-0.05, 0) is 47.7 Å². The molecule has 3 nitrogen and oxygen atoms in total. The number of hydrogen-bond acceptors (Lipinski definition) is 2. The van der Waals surface area contributed by atoms with Gasteiger partial charge in [0.25, 0.3) is 0 Å². The zero-order chi connectivity index (χ0) is 23.4. The van der Waals surface area contributed by atoms with Crippen molar-refractivity contribution in [3.05, 3.63) is 75.7 Å². The van der Waals surface area contributed by atoms with E-state index in [2.05, 4.69) is 0 Å². The van der Waals surface area contributed by atoms with Crippen LogP contribution in [0.3, 0.4) is 0 Å². The molecule has 8 heteroatoms. The first-order valence-corrected chi connectivity index (χ1v) is 10.5. The number of halogens is 5. The van der Waals surface area contributed by atoms with Crippen LogP contribution in [0.5, 0.6) is 0 Å². The quantitative estimate of drug-likeness (QED) is 0.465. The van der Waals surface area contributed by atoms with Crippen LogP contribution >= 0.6 is 11.6 Å². The smallest absolute Gasteiger partial charge is 0.294 e. The number of anilines is 1. The van der Waals surface area contributed by atoms with Gasteiger partial charge in [0.05, 0.1) is 16.3 Å². The van der Waals surface area contributed by atoms with Crippen LogP contribution in [0.2, 0.25) is 5.02 Å². The van der Waals surface area contributed by atoms with Crippen LogP contribution in [0.25, 0.3) is 0 Å². The highest BCUT2D eigenvalue weighted by Gasteiger charge is 2.44. The number of hydrogen-bond donors (Lipinski definition) is 0. The largest absolute Gasteiger partial charge is 0.416 e. The number of benzene rings is 2. The van der Waals surface area contributed by atoms with Gasteiger partial charge in [-0.15, -0.1) is 0 Å². The van der Waals surface area contributed by atoms with E-state index >= 15 is 0 Å². The lowest BCUT2D eigenvalue weighted by Gasteiger charge is -2.43. The predicted molar refractivity (Wildman–Crippen MR) is 113 cm³/mol. The molecular formula is C24H20ClF4NO2. The lowest BCUT2D eigenvalue weighted by molar-refractivity contribution is -0.137. The van der Waals surface area contributed by atoms with E-state index in [9.17, 15) is 27.2 Å². The van der Waals surface area contributed by atoms with Crippen molar-refractivity contribution in [3.8, 4) is 0 Å². The number of rotatable bonds is 2. The number of alkyl halides is 3. The Morgan fingerprint density at radius 3 is 2.28 bits per heavy atom. The van der Waals surface area contributed by atoms with E-state index in [1.54, 1.807) is 0 Å². The maximum Gasteiger partial charge on any atom is 0.416 e. The second-order valence-electron chi connectivity index (χ2n) is 9.01. The molecule has 1 amide bonds. The Labute approximate surface area is 187 Å². The molecule has 1 heterocycles. The molecule has 0 radical (unpaired) electrons. The molecule has 0 aromatic heterocycles. The Hall–Kier alpha value is -2.67. The monoisotopic (exact) mass is 465 g/mol. The van der Waals surface area contributed by atoms with Gasteiger partial charge in [-0.2, -0.15) is 13.2 Å². The summed E-state index contributed by atoms with van der Waals surface area (Å²) in [6.07, 6.45) is -3.90. The van der Waals surface area contributed by atoms with Gasteiger partial charge in [-0.3, -0.25) is 14.5 Å². The first kappa shape index (κ1) is 22.5. The Morgan fingerprint density at radius 2 is 1.69 bits per heavy atom. The van der Waals surface area contributed by atoms with Gasteiger partial charge >= 0.3 is 6.18 Å². The van der Waals surface area contributed by atoms with Crippen LogP contribution in [0.4, 0.5) is 23.2 Å². The second kappa shape index (κ2) is 7.73. The maximum absolute atomic E-state index is 13.7. The molecular weight excluding hydrogens is 446 g/mol. The average Bonchev–Trinajstić information content (AvgIpc) is 2.68. The van der Waals surface area contributed by atoms with Crippen molar-refractivity contribution in [1.82, 2.24) is 0 Å². The van der Waals surface area contributed by atoms with E-state index in [0.717, 1.165) is 18.2 Å². The summed E-state index contributed by atoms with van der Waals surface area (Å²) in [4.78, 5) is 27.8. The number of nitrogens with zero attached hydrogens (tertiary/aromatic N) is 1. The highest BCUT2D eigenvalue weighted by atomic mass is 35.5. The number of amides is 1. The van der Waals surface area contributed by atoms with E-state index in [0.29, 0.717) is 28.9 Å². The van der Waals surface area contributed by atoms with Gasteiger partial charge < -0.3 is 0 Å². The van der Waals surface area contributed by atoms with Crippen LogP contribution < -0.4 is 4.90 Å². The van der Waals surface area contributed by atoms with Crippen molar-refractivity contribution in [2.45, 2.75) is 45.2 Å². The lowest BCUT2D eigenvalue weighted by Crippen LogP contribution is -2.43. The molecule has 1 atom stereocenters. The Bertz CT molecular complexity index is 1140. The lowest BCUT2D eigenvalue weighted by atomic mass is 9.69. The van der Waals surface area contributed by atoms with Gasteiger partial charge in [-0.1, -0.05) is 37.6 Å². The van der Waals surface area contributed by atoms with Crippen molar-refractivity contribution in [2.24, 2.45) is 5.41 Å². The van der Waals surface area contributed by atoms with E-state index in [4.69, 9.17) is 11.6 Å². The van der Waals surface area contributed by atoms with Crippen molar-refractivity contribution in [2.75, 3.05) is 4.90 Å². The van der Waals surface area contributed by atoms with Crippen molar-refractivity contribution in [1.29, 1.82) is 0 Å². The summed E-state index contributed by atoms with van der Waals surface area (Å²) >= 11 is 5.93. The average molecular weight is 466 g/mol. The second-order valence-corrected chi connectivity index (χ2v) is 9.41. The number of ketones is 1. The van der Waals surface area contributed by atoms with Crippen LogP contribution in [0.15, 0.2) is 53.7 Å². The van der Waals surface area contributed by atoms with E-state index in [1.807, 2.05) is 13.8 Å². The van der Waals surface area contributed by atoms with E-state index in [1.165, 1.54) is 29.2 Å². The number of carbonyl (C=O) groups excluding carboxylic acids is 2. The van der Waals surface area contributed by atoms with Crippen LogP contribution in [0, 0.1) is 11.2 Å². The fourth-order valence-electron chi connectivity index (χ4n) is 4.53. The molecule has 2 aromatic carbocycles. The standard InChI is InChI=1S/C24H20ClF4NO2/c1-23(2)11-19-22(20(31)12-23)16(13-3-5-14(6-4-13)24(27,28)29)10-21(32)30(19)15-7-8-18(26)17(25)9-15/h3-9,16H,10-12H2,1-2H3. The van der Waals surface area contributed by atoms with Crippen molar-refractivity contribution >= 4 is 29.0 Å². The van der Waals surface area contributed by atoms with E-state index < -0.39 is 28.9 Å². The molecule has 0 spiro atoms. The van der Waals surface area contributed by atoms with Crippen LogP contribution in [0.1, 0.15) is 50.2 Å². The number of allylic oxidation sites excluding steroid dienone is 2. The molecule has 0 N–H and O–H groups in total. The molecule has 2 aromatic rings. The SMILES string of the molecule is CC1(C)CC(=O)C2=C(C1)N(c1ccc(F)c(Cl)c1)C(=O)CC2c1ccc(C(F)(F)F)cc1. The first-order valence-electron chi connectivity index (χ1n) is 10.1. The van der Waals surface area contributed by atoms with Gasteiger partial charge in [-0.25, -0.2) is 4.39 Å². The Balaban J connectivity index is 1.85. The molecule has 1 aliphatic carbocycles. The summed E-state index contributed by atoms with van der Waals surface area (Å²) in [6.45, 7) is 3.83. The molecule has 0 fully saturated rings. The summed E-state index contributed by atoms with van der Waals surface area (Å²) in [5, 5.41) is -0.149. The molecule has 1 aliphatic heterocycles. The topological polar surface area (TPSA) is 37.4 Å². The molecule has 4 rings (SSSR count).